The van der Waals surface area contributed by atoms with Gasteiger partial charge in [-0.3, -0.25) is 4.18 Å². The highest BCUT2D eigenvalue weighted by atomic mass is 79.9. The standard InChI is InChI=1S/C13H14BrN3O4S/c1-22(18,19)21-7-6-20-12-4-2-11(3-5-12)17-13-15-8-10(14)9-16-13/h2-5,8-9H,6-7H2,1H3,(H,15,16,17). The molecule has 0 amide bonds. The quantitative estimate of drug-likeness (QED) is 0.575. The first-order valence-corrected chi connectivity index (χ1v) is 8.85. The summed E-state index contributed by atoms with van der Waals surface area (Å²) in [6.45, 7) is 0.126. The summed E-state index contributed by atoms with van der Waals surface area (Å²) in [5, 5.41) is 3.04. The second-order valence-corrected chi connectivity index (χ2v) is 6.81. The monoisotopic (exact) mass is 387 g/mol. The van der Waals surface area contributed by atoms with Gasteiger partial charge in [0, 0.05) is 18.1 Å². The Labute approximate surface area is 137 Å². The van der Waals surface area contributed by atoms with Crippen LogP contribution in [0.2, 0.25) is 0 Å². The van der Waals surface area contributed by atoms with E-state index in [0.29, 0.717) is 11.7 Å². The molecule has 0 radical (unpaired) electrons. The Hall–Kier alpha value is -1.71. The first-order chi connectivity index (χ1) is 10.4. The van der Waals surface area contributed by atoms with Crippen molar-refractivity contribution in [3.8, 4) is 5.75 Å². The Kier molecular flexibility index (Phi) is 5.69. The normalized spacial score (nSPS) is 11.2. The minimum absolute atomic E-state index is 0.0223. The van der Waals surface area contributed by atoms with Gasteiger partial charge in [0.2, 0.25) is 5.95 Å². The maximum absolute atomic E-state index is 10.8. The van der Waals surface area contributed by atoms with Crippen LogP contribution in [0.25, 0.3) is 0 Å². The fourth-order valence-electron chi connectivity index (χ4n) is 1.49. The molecule has 0 unspecified atom stereocenters. The molecular weight excluding hydrogens is 374 g/mol. The number of rotatable bonds is 7. The Morgan fingerprint density at radius 1 is 1.14 bits per heavy atom. The van der Waals surface area contributed by atoms with E-state index in [1.54, 1.807) is 36.7 Å². The van der Waals surface area contributed by atoms with Gasteiger partial charge in [-0.15, -0.1) is 0 Å². The fraction of sp³-hybridized carbons (Fsp3) is 0.231. The number of benzene rings is 1. The average molecular weight is 388 g/mol. The van der Waals surface area contributed by atoms with E-state index in [1.165, 1.54) is 0 Å². The molecule has 2 rings (SSSR count). The Morgan fingerprint density at radius 2 is 1.77 bits per heavy atom. The molecule has 22 heavy (non-hydrogen) atoms. The van der Waals surface area contributed by atoms with Crippen molar-refractivity contribution >= 4 is 37.7 Å². The maximum Gasteiger partial charge on any atom is 0.264 e. The van der Waals surface area contributed by atoms with E-state index >= 15 is 0 Å². The van der Waals surface area contributed by atoms with Crippen LogP contribution >= 0.6 is 15.9 Å². The Morgan fingerprint density at radius 3 is 2.36 bits per heavy atom. The summed E-state index contributed by atoms with van der Waals surface area (Å²) >= 11 is 3.27. The average Bonchev–Trinajstić information content (AvgIpc) is 2.47. The van der Waals surface area contributed by atoms with Gasteiger partial charge in [0.1, 0.15) is 19.0 Å². The van der Waals surface area contributed by atoms with Crippen molar-refractivity contribution in [3.63, 3.8) is 0 Å². The predicted molar refractivity (Wildman–Crippen MR) is 85.7 cm³/mol. The molecule has 0 saturated carbocycles. The van der Waals surface area contributed by atoms with Gasteiger partial charge >= 0.3 is 0 Å². The molecule has 0 bridgehead atoms. The lowest BCUT2D eigenvalue weighted by atomic mass is 10.3. The van der Waals surface area contributed by atoms with Crippen molar-refractivity contribution in [3.05, 3.63) is 41.1 Å². The number of ether oxygens (including phenoxy) is 1. The highest BCUT2D eigenvalue weighted by Crippen LogP contribution is 2.18. The minimum Gasteiger partial charge on any atom is -0.491 e. The summed E-state index contributed by atoms with van der Waals surface area (Å²) in [5.41, 5.74) is 0.807. The van der Waals surface area contributed by atoms with Gasteiger partial charge in [0.05, 0.1) is 10.7 Å². The van der Waals surface area contributed by atoms with Gasteiger partial charge in [-0.25, -0.2) is 9.97 Å². The summed E-state index contributed by atoms with van der Waals surface area (Å²) in [4.78, 5) is 8.21. The van der Waals surface area contributed by atoms with E-state index in [1.807, 2.05) is 0 Å². The maximum atomic E-state index is 10.8. The number of anilines is 2. The summed E-state index contributed by atoms with van der Waals surface area (Å²) in [5.74, 6) is 1.10. The topological polar surface area (TPSA) is 90.4 Å². The van der Waals surface area contributed by atoms with Gasteiger partial charge in [-0.05, 0) is 40.2 Å². The number of nitrogens with zero attached hydrogens (tertiary/aromatic N) is 2. The molecule has 1 heterocycles. The zero-order chi connectivity index (χ0) is 16.0. The molecule has 0 aliphatic carbocycles. The molecule has 2 aromatic rings. The van der Waals surface area contributed by atoms with E-state index < -0.39 is 10.1 Å². The number of aromatic nitrogens is 2. The molecule has 0 fully saturated rings. The van der Waals surface area contributed by atoms with Crippen LogP contribution in [0.4, 0.5) is 11.6 Å². The van der Waals surface area contributed by atoms with Gasteiger partial charge < -0.3 is 10.1 Å². The van der Waals surface area contributed by atoms with Crippen molar-refractivity contribution in [2.45, 2.75) is 0 Å². The van der Waals surface area contributed by atoms with Crippen molar-refractivity contribution in [1.29, 1.82) is 0 Å². The highest BCUT2D eigenvalue weighted by molar-refractivity contribution is 9.10. The van der Waals surface area contributed by atoms with Gasteiger partial charge in [0.15, 0.2) is 0 Å². The second kappa shape index (κ2) is 7.52. The van der Waals surface area contributed by atoms with Crippen molar-refractivity contribution in [2.75, 3.05) is 24.8 Å². The third kappa shape index (κ3) is 5.96. The summed E-state index contributed by atoms with van der Waals surface area (Å²) in [6, 6.07) is 7.11. The van der Waals surface area contributed by atoms with Crippen LogP contribution in [0.15, 0.2) is 41.1 Å². The molecule has 0 saturated heterocycles. The van der Waals surface area contributed by atoms with E-state index in [4.69, 9.17) is 4.74 Å². The molecule has 0 aliphatic heterocycles. The lowest BCUT2D eigenvalue weighted by Crippen LogP contribution is -2.11. The van der Waals surface area contributed by atoms with Crippen molar-refractivity contribution in [2.24, 2.45) is 0 Å². The third-order valence-electron chi connectivity index (χ3n) is 2.38. The predicted octanol–water partition coefficient (Wildman–Crippen LogP) is 2.34. The minimum atomic E-state index is -3.43. The van der Waals surface area contributed by atoms with E-state index in [-0.39, 0.29) is 13.2 Å². The summed E-state index contributed by atoms with van der Waals surface area (Å²) < 4.78 is 32.3. The lowest BCUT2D eigenvalue weighted by molar-refractivity contribution is 0.222. The SMILES string of the molecule is CS(=O)(=O)OCCOc1ccc(Nc2ncc(Br)cn2)cc1. The van der Waals surface area contributed by atoms with Gasteiger partial charge in [0.25, 0.3) is 10.1 Å². The van der Waals surface area contributed by atoms with E-state index in [0.717, 1.165) is 16.4 Å². The van der Waals surface area contributed by atoms with Crippen molar-refractivity contribution in [1.82, 2.24) is 9.97 Å². The number of nitrogens with one attached hydrogen (secondary N) is 1. The fourth-order valence-corrected chi connectivity index (χ4v) is 2.06. The first-order valence-electron chi connectivity index (χ1n) is 6.24. The van der Waals surface area contributed by atoms with Gasteiger partial charge in [-0.1, -0.05) is 0 Å². The molecule has 0 aliphatic rings. The zero-order valence-electron chi connectivity index (χ0n) is 11.7. The van der Waals surface area contributed by atoms with Crippen molar-refractivity contribution < 1.29 is 17.3 Å². The molecule has 118 valence electrons. The van der Waals surface area contributed by atoms with Crippen LogP contribution in [0.1, 0.15) is 0 Å². The first kappa shape index (κ1) is 16.7. The third-order valence-corrected chi connectivity index (χ3v) is 3.38. The molecule has 0 spiro atoms. The van der Waals surface area contributed by atoms with E-state index in [9.17, 15) is 8.42 Å². The number of hydrogen-bond acceptors (Lipinski definition) is 7. The van der Waals surface area contributed by atoms with E-state index in [2.05, 4.69) is 35.4 Å². The summed E-state index contributed by atoms with van der Waals surface area (Å²) in [7, 11) is -3.43. The Bertz CT molecular complexity index is 705. The largest absolute Gasteiger partial charge is 0.491 e. The Balaban J connectivity index is 1.83. The van der Waals surface area contributed by atoms with Crippen LogP contribution in [0.5, 0.6) is 5.75 Å². The van der Waals surface area contributed by atoms with Crippen LogP contribution in [0.3, 0.4) is 0 Å². The van der Waals surface area contributed by atoms with Crippen LogP contribution < -0.4 is 10.1 Å². The number of halogens is 1. The van der Waals surface area contributed by atoms with Crippen LogP contribution in [-0.4, -0.2) is 37.9 Å². The summed E-state index contributed by atoms with van der Waals surface area (Å²) in [6.07, 6.45) is 4.29. The molecular formula is C13H14BrN3O4S. The molecule has 1 aromatic carbocycles. The second-order valence-electron chi connectivity index (χ2n) is 4.25. The molecule has 1 aromatic heterocycles. The highest BCUT2D eigenvalue weighted by Gasteiger charge is 2.02. The molecule has 9 heteroatoms. The smallest absolute Gasteiger partial charge is 0.264 e. The lowest BCUT2D eigenvalue weighted by Gasteiger charge is -2.08. The molecule has 1 N–H and O–H groups in total. The van der Waals surface area contributed by atoms with Crippen LogP contribution in [0, 0.1) is 0 Å². The van der Waals surface area contributed by atoms with Crippen LogP contribution in [-0.2, 0) is 14.3 Å². The molecule has 0 atom stereocenters. The number of hydrogen-bond donors (Lipinski definition) is 1. The molecule has 7 nitrogen and oxygen atoms in total. The van der Waals surface area contributed by atoms with Gasteiger partial charge in [-0.2, -0.15) is 8.42 Å². The zero-order valence-corrected chi connectivity index (χ0v) is 14.1.